The Morgan fingerprint density at radius 3 is 2.51 bits per heavy atom. The van der Waals surface area contributed by atoms with Crippen LogP contribution in [-0.4, -0.2) is 51.8 Å². The zero-order valence-corrected chi connectivity index (χ0v) is 24.3. The lowest BCUT2D eigenvalue weighted by molar-refractivity contribution is -0.186. The molecule has 1 aromatic carbocycles. The number of carbonyl (C=O) groups excluding carboxylic acids is 4. The van der Waals surface area contributed by atoms with E-state index in [1.807, 2.05) is 19.9 Å². The first-order chi connectivity index (χ1) is 18.3. The van der Waals surface area contributed by atoms with Crippen LogP contribution in [0.15, 0.2) is 54.1 Å². The summed E-state index contributed by atoms with van der Waals surface area (Å²) in [6.07, 6.45) is 5.84. The van der Waals surface area contributed by atoms with E-state index in [0.29, 0.717) is 18.4 Å². The summed E-state index contributed by atoms with van der Waals surface area (Å²) in [7, 11) is 0. The number of ketones is 2. The van der Waals surface area contributed by atoms with Crippen molar-refractivity contribution in [2.24, 2.45) is 34.5 Å². The first kappa shape index (κ1) is 28.0. The van der Waals surface area contributed by atoms with Crippen LogP contribution in [0.1, 0.15) is 57.3 Å². The van der Waals surface area contributed by atoms with Crippen molar-refractivity contribution in [3.05, 3.63) is 59.7 Å². The third-order valence-corrected chi connectivity index (χ3v) is 11.0. The lowest BCUT2D eigenvalue weighted by atomic mass is 9.46. The quantitative estimate of drug-likeness (QED) is 0.389. The van der Waals surface area contributed by atoms with E-state index in [9.17, 15) is 24.3 Å². The predicted molar refractivity (Wildman–Crippen MR) is 147 cm³/mol. The second kappa shape index (κ2) is 9.81. The largest absolute Gasteiger partial charge is 0.458 e. The maximum atomic E-state index is 14.1. The molecule has 208 valence electrons. The summed E-state index contributed by atoms with van der Waals surface area (Å²) in [6, 6.07) is 8.53. The molecule has 9 atom stereocenters. The maximum absolute atomic E-state index is 14.1. The maximum Gasteiger partial charge on any atom is 0.339 e. The predicted octanol–water partition coefficient (Wildman–Crippen LogP) is 4.61. The summed E-state index contributed by atoms with van der Waals surface area (Å²) in [4.78, 5) is 51.4. The van der Waals surface area contributed by atoms with Gasteiger partial charge in [-0.25, -0.2) is 4.79 Å². The van der Waals surface area contributed by atoms with E-state index >= 15 is 0 Å². The number of aliphatic hydroxyl groups excluding tert-OH is 1. The van der Waals surface area contributed by atoms with Crippen molar-refractivity contribution in [1.82, 2.24) is 0 Å². The Bertz CT molecular complexity index is 1270. The minimum absolute atomic E-state index is 0.0446. The standard InChI is InChI=1S/C31H35BrO7/c1-17-12-22-26-23(32)14-20-13-21(34)10-11-29(20,3)27(26)24(35)15-30(22,4)31(17,25(36)16-38-18(2)33)39-28(37)19-8-6-5-7-9-19/h5-11,13,17,22-24,26-27,35H,12,14-16H2,1-4H3/t17-,22+,23-,24+,26-,27+,29+,30+,31-/m1/s1. The molecule has 0 heterocycles. The molecule has 4 aliphatic rings. The summed E-state index contributed by atoms with van der Waals surface area (Å²) < 4.78 is 11.4. The average Bonchev–Trinajstić information content (AvgIpc) is 3.10. The van der Waals surface area contributed by atoms with Crippen LogP contribution >= 0.6 is 15.9 Å². The van der Waals surface area contributed by atoms with Crippen molar-refractivity contribution in [2.45, 2.75) is 63.5 Å². The van der Waals surface area contributed by atoms with Gasteiger partial charge in [0.25, 0.3) is 0 Å². The highest BCUT2D eigenvalue weighted by atomic mass is 79.9. The van der Waals surface area contributed by atoms with Crippen LogP contribution in [0.4, 0.5) is 0 Å². The van der Waals surface area contributed by atoms with Gasteiger partial charge in [0.1, 0.15) is 0 Å². The van der Waals surface area contributed by atoms with E-state index in [4.69, 9.17) is 9.47 Å². The molecule has 1 N–H and O–H groups in total. The fourth-order valence-corrected chi connectivity index (χ4v) is 9.53. The highest BCUT2D eigenvalue weighted by Crippen LogP contribution is 2.70. The SMILES string of the molecule is CC(=O)OCC(=O)[C@]1(OC(=O)c2ccccc2)[C@H](C)C[C@H]2[C@H]3[C@H]([C@@H](O)C[C@@]21C)[C@@]1(C)C=CC(=O)C=C1C[C@H]3Br. The summed E-state index contributed by atoms with van der Waals surface area (Å²) >= 11 is 3.91. The van der Waals surface area contributed by atoms with Gasteiger partial charge in [-0.15, -0.1) is 0 Å². The topological polar surface area (TPSA) is 107 Å². The molecule has 5 rings (SSSR count). The molecular weight excluding hydrogens is 564 g/mol. The Labute approximate surface area is 237 Å². The first-order valence-electron chi connectivity index (χ1n) is 13.6. The third-order valence-electron chi connectivity index (χ3n) is 10.1. The van der Waals surface area contributed by atoms with Gasteiger partial charge in [0.2, 0.25) is 5.78 Å². The average molecular weight is 600 g/mol. The molecule has 3 saturated carbocycles. The van der Waals surface area contributed by atoms with Gasteiger partial charge < -0.3 is 14.6 Å². The normalized spacial score (nSPS) is 40.6. The van der Waals surface area contributed by atoms with Gasteiger partial charge in [-0.1, -0.05) is 66.5 Å². The van der Waals surface area contributed by atoms with Crippen molar-refractivity contribution in [1.29, 1.82) is 0 Å². The van der Waals surface area contributed by atoms with Crippen LogP contribution in [-0.2, 0) is 23.9 Å². The van der Waals surface area contributed by atoms with Crippen molar-refractivity contribution >= 4 is 39.4 Å². The fraction of sp³-hybridized carbons (Fsp3) is 0.548. The molecule has 8 heteroatoms. The highest BCUT2D eigenvalue weighted by molar-refractivity contribution is 9.09. The number of hydrogen-bond donors (Lipinski definition) is 1. The van der Waals surface area contributed by atoms with Crippen molar-refractivity contribution < 1.29 is 33.8 Å². The highest BCUT2D eigenvalue weighted by Gasteiger charge is 2.73. The molecule has 0 spiro atoms. The molecule has 39 heavy (non-hydrogen) atoms. The number of rotatable bonds is 5. The molecule has 4 aliphatic carbocycles. The van der Waals surface area contributed by atoms with Crippen LogP contribution < -0.4 is 0 Å². The monoisotopic (exact) mass is 598 g/mol. The zero-order chi connectivity index (χ0) is 28.3. The Morgan fingerprint density at radius 1 is 1.15 bits per heavy atom. The minimum atomic E-state index is -1.60. The van der Waals surface area contributed by atoms with E-state index in [0.717, 1.165) is 5.57 Å². The molecule has 1 aromatic rings. The number of aliphatic hydroxyl groups is 1. The van der Waals surface area contributed by atoms with E-state index in [-0.39, 0.29) is 40.7 Å². The Kier molecular flexibility index (Phi) is 7.03. The van der Waals surface area contributed by atoms with Crippen molar-refractivity contribution in [2.75, 3.05) is 6.61 Å². The van der Waals surface area contributed by atoms with E-state index in [1.54, 1.807) is 42.5 Å². The first-order valence-corrected chi connectivity index (χ1v) is 14.5. The molecule has 0 radical (unpaired) electrons. The second-order valence-electron chi connectivity index (χ2n) is 12.1. The summed E-state index contributed by atoms with van der Waals surface area (Å²) in [5, 5.41) is 11.9. The molecule has 0 bridgehead atoms. The van der Waals surface area contributed by atoms with Gasteiger partial charge in [-0.3, -0.25) is 14.4 Å². The summed E-state index contributed by atoms with van der Waals surface area (Å²) in [6.45, 7) is 6.66. The number of halogens is 1. The van der Waals surface area contributed by atoms with Gasteiger partial charge in [-0.05, 0) is 55.4 Å². The van der Waals surface area contributed by atoms with Gasteiger partial charge in [0.05, 0.1) is 11.7 Å². The number of esters is 2. The lowest BCUT2D eigenvalue weighted by Crippen LogP contribution is -2.65. The number of allylic oxidation sites excluding steroid dienone is 4. The van der Waals surface area contributed by atoms with Crippen LogP contribution in [0.25, 0.3) is 0 Å². The van der Waals surface area contributed by atoms with Crippen molar-refractivity contribution in [3.63, 3.8) is 0 Å². The fourth-order valence-electron chi connectivity index (χ4n) is 8.48. The van der Waals surface area contributed by atoms with Crippen LogP contribution in [0, 0.1) is 34.5 Å². The zero-order valence-electron chi connectivity index (χ0n) is 22.7. The van der Waals surface area contributed by atoms with Gasteiger partial charge in [0, 0.05) is 34.4 Å². The Balaban J connectivity index is 1.60. The number of benzene rings is 1. The van der Waals surface area contributed by atoms with E-state index < -0.39 is 46.9 Å². The lowest BCUT2D eigenvalue weighted by Gasteiger charge is -2.61. The number of hydrogen-bond acceptors (Lipinski definition) is 7. The molecule has 0 unspecified atom stereocenters. The van der Waals surface area contributed by atoms with Crippen LogP contribution in [0.3, 0.4) is 0 Å². The number of alkyl halides is 1. The molecule has 0 aromatic heterocycles. The Hall–Kier alpha value is -2.58. The Morgan fingerprint density at radius 2 is 1.85 bits per heavy atom. The molecule has 7 nitrogen and oxygen atoms in total. The molecule has 0 saturated heterocycles. The van der Waals surface area contributed by atoms with Crippen LogP contribution in [0.5, 0.6) is 0 Å². The van der Waals surface area contributed by atoms with Gasteiger partial charge in [-0.2, -0.15) is 0 Å². The number of Topliss-reactive ketones (excluding diaryl/α,β-unsaturated/α-hetero) is 1. The summed E-state index contributed by atoms with van der Waals surface area (Å²) in [5.41, 5.74) is -1.71. The van der Waals surface area contributed by atoms with E-state index in [1.165, 1.54) is 6.92 Å². The van der Waals surface area contributed by atoms with E-state index in [2.05, 4.69) is 22.9 Å². The van der Waals surface area contributed by atoms with Gasteiger partial charge in [0.15, 0.2) is 18.0 Å². The number of fused-ring (bicyclic) bond motifs is 5. The summed E-state index contributed by atoms with van der Waals surface area (Å²) in [5.74, 6) is -2.46. The number of ether oxygens (including phenoxy) is 2. The molecular formula is C31H35BrO7. The number of carbonyl (C=O) groups is 4. The third kappa shape index (κ3) is 4.17. The molecule has 0 aliphatic heterocycles. The van der Waals surface area contributed by atoms with Crippen molar-refractivity contribution in [3.8, 4) is 0 Å². The minimum Gasteiger partial charge on any atom is -0.458 e. The smallest absolute Gasteiger partial charge is 0.339 e. The molecule has 3 fully saturated rings. The van der Waals surface area contributed by atoms with Gasteiger partial charge >= 0.3 is 11.9 Å². The molecule has 0 amide bonds. The van der Waals surface area contributed by atoms with Crippen LogP contribution in [0.2, 0.25) is 0 Å². The second-order valence-corrected chi connectivity index (χ2v) is 13.3.